The summed E-state index contributed by atoms with van der Waals surface area (Å²) >= 11 is 0. The Labute approximate surface area is 165 Å². The molecule has 3 rings (SSSR count). The molecule has 0 saturated carbocycles. The van der Waals surface area contributed by atoms with Crippen molar-refractivity contribution in [3.8, 4) is 11.1 Å². The summed E-state index contributed by atoms with van der Waals surface area (Å²) < 4.78 is 5.11. The van der Waals surface area contributed by atoms with E-state index in [1.54, 1.807) is 0 Å². The van der Waals surface area contributed by atoms with Crippen LogP contribution in [0.1, 0.15) is 16.7 Å². The lowest BCUT2D eigenvalue weighted by molar-refractivity contribution is -0.146. The first kappa shape index (κ1) is 19.4. The van der Waals surface area contributed by atoms with Crippen LogP contribution >= 0.6 is 0 Å². The molecule has 0 atom stereocenters. The number of benzene rings is 3. The number of carbonyl (C=O) groups excluding carboxylic acids is 2. The number of aryl methyl sites for hydroxylation is 2. The molecule has 0 spiro atoms. The van der Waals surface area contributed by atoms with Crippen LogP contribution in [0, 0.1) is 13.8 Å². The number of anilines is 1. The number of amides is 1. The number of ether oxygens (including phenoxy) is 1. The normalized spacial score (nSPS) is 10.4. The number of nitrogens with one attached hydrogen (secondary N) is 1. The molecule has 0 aliphatic rings. The van der Waals surface area contributed by atoms with Gasteiger partial charge in [-0.2, -0.15) is 0 Å². The predicted octanol–water partition coefficient (Wildman–Crippen LogP) is 4.69. The van der Waals surface area contributed by atoms with Crippen molar-refractivity contribution in [2.45, 2.75) is 20.3 Å². The molecule has 4 nitrogen and oxygen atoms in total. The molecule has 0 radical (unpaired) electrons. The van der Waals surface area contributed by atoms with E-state index in [1.165, 1.54) is 0 Å². The Morgan fingerprint density at radius 3 is 2.25 bits per heavy atom. The summed E-state index contributed by atoms with van der Waals surface area (Å²) in [5.74, 6) is -0.773. The molecule has 0 saturated heterocycles. The van der Waals surface area contributed by atoms with Crippen molar-refractivity contribution in [1.82, 2.24) is 0 Å². The Morgan fingerprint density at radius 1 is 0.857 bits per heavy atom. The first-order chi connectivity index (χ1) is 13.5. The van der Waals surface area contributed by atoms with Gasteiger partial charge in [0.1, 0.15) is 0 Å². The second-order valence-electron chi connectivity index (χ2n) is 6.77. The highest BCUT2D eigenvalue weighted by molar-refractivity contribution is 5.93. The van der Waals surface area contributed by atoms with Gasteiger partial charge in [0.2, 0.25) is 0 Å². The molecule has 0 aliphatic heterocycles. The van der Waals surface area contributed by atoms with E-state index in [0.29, 0.717) is 0 Å². The standard InChI is InChI=1S/C24H23NO3/c1-17-8-9-18(2)22(14-17)25-23(26)16-28-24(27)15-19-10-12-21(13-11-19)20-6-4-3-5-7-20/h3-14H,15-16H2,1-2H3,(H,25,26). The maximum absolute atomic E-state index is 12.0. The molecular formula is C24H23NO3. The fraction of sp³-hybridized carbons (Fsp3) is 0.167. The average molecular weight is 373 g/mol. The van der Waals surface area contributed by atoms with Gasteiger partial charge in [0.05, 0.1) is 6.42 Å². The molecule has 142 valence electrons. The van der Waals surface area contributed by atoms with Crippen LogP contribution in [0.2, 0.25) is 0 Å². The molecule has 1 amide bonds. The first-order valence-corrected chi connectivity index (χ1v) is 9.18. The van der Waals surface area contributed by atoms with Crippen molar-refractivity contribution in [3.63, 3.8) is 0 Å². The number of hydrogen-bond donors (Lipinski definition) is 1. The fourth-order valence-corrected chi connectivity index (χ4v) is 2.87. The SMILES string of the molecule is Cc1ccc(C)c(NC(=O)COC(=O)Cc2ccc(-c3ccccc3)cc2)c1. The van der Waals surface area contributed by atoms with Gasteiger partial charge in [0.25, 0.3) is 5.91 Å². The maximum atomic E-state index is 12.0. The lowest BCUT2D eigenvalue weighted by atomic mass is 10.0. The summed E-state index contributed by atoms with van der Waals surface area (Å²) in [6.45, 7) is 3.58. The monoisotopic (exact) mass is 373 g/mol. The minimum atomic E-state index is -0.427. The van der Waals surface area contributed by atoms with Gasteiger partial charge >= 0.3 is 5.97 Å². The van der Waals surface area contributed by atoms with Crippen LogP contribution < -0.4 is 5.32 Å². The van der Waals surface area contributed by atoms with E-state index in [1.807, 2.05) is 86.6 Å². The zero-order valence-corrected chi connectivity index (χ0v) is 16.1. The van der Waals surface area contributed by atoms with Gasteiger partial charge in [-0.3, -0.25) is 9.59 Å². The topological polar surface area (TPSA) is 55.4 Å². The molecule has 0 aliphatic carbocycles. The molecule has 4 heteroatoms. The van der Waals surface area contributed by atoms with Crippen molar-refractivity contribution in [2.75, 3.05) is 11.9 Å². The van der Waals surface area contributed by atoms with Crippen molar-refractivity contribution >= 4 is 17.6 Å². The lowest BCUT2D eigenvalue weighted by Gasteiger charge is -2.10. The Balaban J connectivity index is 1.50. The maximum Gasteiger partial charge on any atom is 0.310 e. The van der Waals surface area contributed by atoms with Gasteiger partial charge < -0.3 is 10.1 Å². The quantitative estimate of drug-likeness (QED) is 0.638. The van der Waals surface area contributed by atoms with Gasteiger partial charge in [-0.25, -0.2) is 0 Å². The molecule has 0 heterocycles. The van der Waals surface area contributed by atoms with Gasteiger partial charge in [-0.15, -0.1) is 0 Å². The third kappa shape index (κ3) is 5.30. The van der Waals surface area contributed by atoms with E-state index in [9.17, 15) is 9.59 Å². The van der Waals surface area contributed by atoms with Crippen LogP contribution in [0.25, 0.3) is 11.1 Å². The van der Waals surface area contributed by atoms with Crippen molar-refractivity contribution in [3.05, 3.63) is 89.5 Å². The molecular weight excluding hydrogens is 350 g/mol. The average Bonchev–Trinajstić information content (AvgIpc) is 2.70. The van der Waals surface area contributed by atoms with Crippen LogP contribution in [0.15, 0.2) is 72.8 Å². The zero-order chi connectivity index (χ0) is 19.9. The molecule has 3 aromatic rings. The lowest BCUT2D eigenvalue weighted by Crippen LogP contribution is -2.22. The summed E-state index contributed by atoms with van der Waals surface area (Å²) in [7, 11) is 0. The Bertz CT molecular complexity index is 963. The molecule has 0 aromatic heterocycles. The summed E-state index contributed by atoms with van der Waals surface area (Å²) in [5, 5.41) is 2.78. The van der Waals surface area contributed by atoms with Crippen LogP contribution in [0.3, 0.4) is 0 Å². The molecule has 0 bridgehead atoms. The molecule has 3 aromatic carbocycles. The van der Waals surface area contributed by atoms with Gasteiger partial charge in [-0.1, -0.05) is 66.7 Å². The number of rotatable bonds is 6. The Hall–Kier alpha value is -3.40. The van der Waals surface area contributed by atoms with E-state index in [2.05, 4.69) is 5.32 Å². The fourth-order valence-electron chi connectivity index (χ4n) is 2.87. The van der Waals surface area contributed by atoms with Gasteiger partial charge in [0, 0.05) is 5.69 Å². The summed E-state index contributed by atoms with van der Waals surface area (Å²) in [6, 6.07) is 23.6. The molecule has 0 unspecified atom stereocenters. The Morgan fingerprint density at radius 2 is 1.54 bits per heavy atom. The second-order valence-corrected chi connectivity index (χ2v) is 6.77. The van der Waals surface area contributed by atoms with E-state index in [-0.39, 0.29) is 18.9 Å². The number of carbonyl (C=O) groups is 2. The Kier molecular flexibility index (Phi) is 6.22. The smallest absolute Gasteiger partial charge is 0.310 e. The zero-order valence-electron chi connectivity index (χ0n) is 16.1. The highest BCUT2D eigenvalue weighted by atomic mass is 16.5. The molecule has 28 heavy (non-hydrogen) atoms. The first-order valence-electron chi connectivity index (χ1n) is 9.18. The summed E-state index contributed by atoms with van der Waals surface area (Å²) in [6.07, 6.45) is 0.131. The highest BCUT2D eigenvalue weighted by Crippen LogP contribution is 2.19. The summed E-state index contributed by atoms with van der Waals surface area (Å²) in [5.41, 5.74) is 5.81. The van der Waals surface area contributed by atoms with Crippen LogP contribution in [-0.4, -0.2) is 18.5 Å². The third-order valence-corrected chi connectivity index (χ3v) is 4.44. The number of esters is 1. The van der Waals surface area contributed by atoms with Gasteiger partial charge in [-0.05, 0) is 47.7 Å². The minimum absolute atomic E-state index is 0.131. The van der Waals surface area contributed by atoms with Crippen LogP contribution in [0.4, 0.5) is 5.69 Å². The summed E-state index contributed by atoms with van der Waals surface area (Å²) in [4.78, 5) is 24.1. The highest BCUT2D eigenvalue weighted by Gasteiger charge is 2.10. The molecule has 1 N–H and O–H groups in total. The van der Waals surface area contributed by atoms with E-state index < -0.39 is 5.97 Å². The van der Waals surface area contributed by atoms with E-state index in [4.69, 9.17) is 4.74 Å². The molecule has 0 fully saturated rings. The van der Waals surface area contributed by atoms with E-state index in [0.717, 1.165) is 33.5 Å². The second kappa shape index (κ2) is 9.00. The van der Waals surface area contributed by atoms with Crippen molar-refractivity contribution in [2.24, 2.45) is 0 Å². The third-order valence-electron chi connectivity index (χ3n) is 4.44. The van der Waals surface area contributed by atoms with Crippen LogP contribution in [-0.2, 0) is 20.7 Å². The largest absolute Gasteiger partial charge is 0.455 e. The van der Waals surface area contributed by atoms with Crippen molar-refractivity contribution in [1.29, 1.82) is 0 Å². The van der Waals surface area contributed by atoms with Crippen molar-refractivity contribution < 1.29 is 14.3 Å². The minimum Gasteiger partial charge on any atom is -0.455 e. The van der Waals surface area contributed by atoms with E-state index >= 15 is 0 Å². The predicted molar refractivity (Wildman–Crippen MR) is 111 cm³/mol. The van der Waals surface area contributed by atoms with Crippen LogP contribution in [0.5, 0.6) is 0 Å². The number of hydrogen-bond acceptors (Lipinski definition) is 3. The van der Waals surface area contributed by atoms with Gasteiger partial charge in [0.15, 0.2) is 6.61 Å².